The van der Waals surface area contributed by atoms with Gasteiger partial charge in [-0.05, 0) is 68.4 Å². The van der Waals surface area contributed by atoms with Gasteiger partial charge in [0, 0.05) is 46.8 Å². The van der Waals surface area contributed by atoms with E-state index in [0.717, 1.165) is 59.4 Å². The molecule has 67 heavy (non-hydrogen) atoms. The Morgan fingerprint density at radius 3 is 2.22 bits per heavy atom. The van der Waals surface area contributed by atoms with Gasteiger partial charge in [0.2, 0.25) is 17.7 Å². The van der Waals surface area contributed by atoms with E-state index in [1.807, 2.05) is 113 Å². The number of aliphatic carboxylic acids is 1. The normalized spacial score (nSPS) is 17.7. The number of benzene rings is 2. The molecular weight excluding hydrogens is 891 g/mol. The Morgan fingerprint density at radius 1 is 0.896 bits per heavy atom. The van der Waals surface area contributed by atoms with Gasteiger partial charge in [-0.3, -0.25) is 28.7 Å². The highest BCUT2D eigenvalue weighted by molar-refractivity contribution is 7.15. The molecule has 5 atom stereocenters. The minimum Gasteiger partial charge on any atom is -0.481 e. The number of nitrogens with one attached hydrogen (secondary N) is 2. The molecule has 16 nitrogen and oxygen atoms in total. The highest BCUT2D eigenvalue weighted by atomic mass is 32.1. The van der Waals surface area contributed by atoms with E-state index >= 15 is 0 Å². The van der Waals surface area contributed by atoms with E-state index in [9.17, 15) is 29.4 Å². The molecule has 4 aromatic heterocycles. The van der Waals surface area contributed by atoms with E-state index < -0.39 is 59.9 Å². The topological polar surface area (TPSA) is 214 Å². The number of aryl methyl sites for hydroxylation is 3. The number of rotatable bonds is 13. The van der Waals surface area contributed by atoms with Gasteiger partial charge in [0.1, 0.15) is 29.0 Å². The molecule has 2 unspecified atom stereocenters. The average molecular weight is 944 g/mol. The molecule has 0 radical (unpaired) electrons. The third-order valence-corrected chi connectivity index (χ3v) is 14.4. The fraction of sp³-hybridized carbons (Fsp3) is 0.367. The van der Waals surface area contributed by atoms with Crippen LogP contribution >= 0.6 is 22.7 Å². The first kappa shape index (κ1) is 46.9. The van der Waals surface area contributed by atoms with Crippen molar-refractivity contribution >= 4 is 52.1 Å². The summed E-state index contributed by atoms with van der Waals surface area (Å²) in [6.07, 6.45) is 0.562. The third-order valence-electron chi connectivity index (χ3n) is 12.2. The van der Waals surface area contributed by atoms with E-state index in [2.05, 4.69) is 37.7 Å². The predicted octanol–water partition coefficient (Wildman–Crippen LogP) is 6.86. The predicted molar refractivity (Wildman–Crippen MR) is 256 cm³/mol. The van der Waals surface area contributed by atoms with Gasteiger partial charge < -0.3 is 30.5 Å². The number of nitrogens with zero attached hydrogens (tertiary/aromatic N) is 7. The molecule has 2 aliphatic heterocycles. The number of ether oxygens (including phenoxy) is 1. The number of amides is 3. The molecule has 1 fully saturated rings. The van der Waals surface area contributed by atoms with Gasteiger partial charge in [-0.25, -0.2) is 9.97 Å². The molecule has 0 aliphatic carbocycles. The fourth-order valence-corrected chi connectivity index (χ4v) is 10.5. The number of hydrogen-bond acceptors (Lipinski definition) is 13. The number of carboxylic acids is 1. The second-order valence-electron chi connectivity index (χ2n) is 18.1. The zero-order valence-corrected chi connectivity index (χ0v) is 40.2. The quantitative estimate of drug-likeness (QED) is 0.0939. The van der Waals surface area contributed by atoms with Crippen molar-refractivity contribution < 1.29 is 34.1 Å². The second-order valence-corrected chi connectivity index (χ2v) is 20.2. The molecule has 3 amide bonds. The van der Waals surface area contributed by atoms with Crippen molar-refractivity contribution in [1.82, 2.24) is 40.3 Å². The van der Waals surface area contributed by atoms with Crippen LogP contribution in [0.3, 0.4) is 0 Å². The standard InChI is InChI=1S/C49H53N9O7S2/c1-25-28(4)67-48-41(25)42(53-36(20-40(61)62)45-56-55-29(5)58(45)48)32-13-11-31(12-14-32)34-17-18-39(50-21-34)65-23-38(60)54-44(49(6,7)8)47(64)57-22-35(59)19-37(57)46(63)52-26(2)30-9-15-33(16-10-30)43-27(3)51-24-66-43/h9-18,21,24,26,35-37,44,59H,19-20,22-23H2,1-8H3,(H,52,63)(H,54,60)(H,61,62)/t26?,35-,36+,37+,44?/m1/s1. The molecule has 2 aliphatic rings. The molecular formula is C49H53N9O7S2. The lowest BCUT2D eigenvalue weighted by Crippen LogP contribution is -2.58. The maximum Gasteiger partial charge on any atom is 0.306 e. The molecule has 8 rings (SSSR count). The Bertz CT molecular complexity index is 2860. The summed E-state index contributed by atoms with van der Waals surface area (Å²) < 4.78 is 7.70. The second kappa shape index (κ2) is 18.9. The highest BCUT2D eigenvalue weighted by Crippen LogP contribution is 2.40. The van der Waals surface area contributed by atoms with Crippen molar-refractivity contribution in [3.05, 3.63) is 117 Å². The average Bonchev–Trinajstić information content (AvgIpc) is 4.06. The number of aliphatic hydroxyl groups is 1. The minimum atomic E-state index is -1.03. The number of carbonyl (C=O) groups excluding carboxylic acids is 3. The Hall–Kier alpha value is -6.63. The molecule has 18 heteroatoms. The number of aliphatic imine (C=N–C) groups is 1. The monoisotopic (exact) mass is 943 g/mol. The van der Waals surface area contributed by atoms with Gasteiger partial charge in [-0.1, -0.05) is 69.3 Å². The molecule has 2 aromatic carbocycles. The Morgan fingerprint density at radius 2 is 1.58 bits per heavy atom. The Balaban J connectivity index is 0.902. The summed E-state index contributed by atoms with van der Waals surface area (Å²) in [5, 5.41) is 35.8. The van der Waals surface area contributed by atoms with Crippen LogP contribution in [-0.2, 0) is 19.2 Å². The Kier molecular flexibility index (Phi) is 13.2. The van der Waals surface area contributed by atoms with Crippen molar-refractivity contribution in [2.75, 3.05) is 13.2 Å². The summed E-state index contributed by atoms with van der Waals surface area (Å²) in [6, 6.07) is 16.1. The van der Waals surface area contributed by atoms with Crippen LogP contribution in [0.5, 0.6) is 5.88 Å². The number of carboxylic acid groups (broad SMARTS) is 1. The first-order valence-electron chi connectivity index (χ1n) is 22.0. The summed E-state index contributed by atoms with van der Waals surface area (Å²) >= 11 is 3.17. The van der Waals surface area contributed by atoms with Crippen LogP contribution < -0.4 is 15.4 Å². The lowest BCUT2D eigenvalue weighted by molar-refractivity contribution is -0.144. The van der Waals surface area contributed by atoms with Crippen LogP contribution in [0.2, 0.25) is 0 Å². The van der Waals surface area contributed by atoms with Gasteiger partial charge in [-0.2, -0.15) is 0 Å². The number of fused-ring (bicyclic) bond motifs is 3. The Labute approximate surface area is 396 Å². The first-order chi connectivity index (χ1) is 31.9. The number of pyridine rings is 1. The van der Waals surface area contributed by atoms with Crippen molar-refractivity contribution in [3.63, 3.8) is 0 Å². The SMILES string of the molecule is Cc1ncsc1-c1ccc(C(C)NC(=O)[C@@H]2C[C@@H](O)CN2C(=O)C(NC(=O)COc2ccc(-c3ccc(C4=N[C@@H](CC(=O)O)c5nnc(C)n5-c5sc(C)c(C)c54)cc3)cn2)C(C)(C)C)cc1. The number of aromatic nitrogens is 5. The smallest absolute Gasteiger partial charge is 0.306 e. The lowest BCUT2D eigenvalue weighted by atomic mass is 9.85. The number of thiazole rings is 1. The molecule has 4 N–H and O–H groups in total. The number of thiophene rings is 1. The zero-order valence-electron chi connectivity index (χ0n) is 38.5. The summed E-state index contributed by atoms with van der Waals surface area (Å²) in [7, 11) is 0. The lowest BCUT2D eigenvalue weighted by Gasteiger charge is -2.35. The van der Waals surface area contributed by atoms with Crippen LogP contribution in [0.25, 0.3) is 26.6 Å². The molecule has 0 spiro atoms. The minimum absolute atomic E-state index is 0.0482. The van der Waals surface area contributed by atoms with Crippen molar-refractivity contribution in [2.24, 2.45) is 10.4 Å². The van der Waals surface area contributed by atoms with E-state index in [-0.39, 0.29) is 31.3 Å². The van der Waals surface area contributed by atoms with E-state index in [0.29, 0.717) is 17.4 Å². The van der Waals surface area contributed by atoms with E-state index in [1.54, 1.807) is 34.9 Å². The summed E-state index contributed by atoms with van der Waals surface area (Å²) in [6.45, 7) is 14.8. The van der Waals surface area contributed by atoms with Crippen LogP contribution in [0.4, 0.5) is 0 Å². The maximum absolute atomic E-state index is 14.2. The molecule has 348 valence electrons. The molecule has 6 heterocycles. The van der Waals surface area contributed by atoms with Crippen molar-refractivity contribution in [3.8, 4) is 32.4 Å². The number of hydrogen-bond donors (Lipinski definition) is 4. The van der Waals surface area contributed by atoms with Gasteiger partial charge in [-0.15, -0.1) is 32.9 Å². The number of aliphatic hydroxyl groups excluding tert-OH is 1. The van der Waals surface area contributed by atoms with Crippen LogP contribution in [-0.4, -0.2) is 101 Å². The van der Waals surface area contributed by atoms with Crippen LogP contribution in [0.15, 0.2) is 77.4 Å². The van der Waals surface area contributed by atoms with Crippen molar-refractivity contribution in [1.29, 1.82) is 0 Å². The molecule has 0 bridgehead atoms. The van der Waals surface area contributed by atoms with Gasteiger partial charge in [0.15, 0.2) is 12.4 Å². The number of likely N-dealkylation sites (tertiary alicyclic amines) is 1. The van der Waals surface area contributed by atoms with E-state index in [4.69, 9.17) is 9.73 Å². The van der Waals surface area contributed by atoms with E-state index in [1.165, 1.54) is 4.90 Å². The zero-order chi connectivity index (χ0) is 47.9. The first-order valence-corrected chi connectivity index (χ1v) is 23.7. The number of carbonyl (C=O) groups is 4. The molecule has 0 saturated carbocycles. The summed E-state index contributed by atoms with van der Waals surface area (Å²) in [5.41, 5.74) is 9.06. The van der Waals surface area contributed by atoms with Gasteiger partial charge in [0.25, 0.3) is 5.91 Å². The van der Waals surface area contributed by atoms with Crippen LogP contribution in [0.1, 0.15) is 97.1 Å². The molecule has 6 aromatic rings. The maximum atomic E-state index is 14.2. The van der Waals surface area contributed by atoms with Gasteiger partial charge in [0.05, 0.1) is 40.4 Å². The summed E-state index contributed by atoms with van der Waals surface area (Å²) in [5.74, 6) is -1.06. The third kappa shape index (κ3) is 9.78. The van der Waals surface area contributed by atoms with Crippen molar-refractivity contribution in [2.45, 2.75) is 98.5 Å². The van der Waals surface area contributed by atoms with Crippen LogP contribution in [0, 0.1) is 33.1 Å². The fourth-order valence-electron chi connectivity index (χ4n) is 8.50. The van der Waals surface area contributed by atoms with Gasteiger partial charge >= 0.3 is 5.97 Å². The summed E-state index contributed by atoms with van der Waals surface area (Å²) in [4.78, 5) is 70.6. The highest BCUT2D eigenvalue weighted by Gasteiger charge is 2.45. The largest absolute Gasteiger partial charge is 0.481 e. The number of β-amino-alcohol motifs (C(OH)–C–C–N with tert-alkyl or cyclic N) is 1. The molecule has 1 saturated heterocycles.